The minimum absolute atomic E-state index is 0.307. The summed E-state index contributed by atoms with van der Waals surface area (Å²) in [4.78, 5) is 4.02. The van der Waals surface area contributed by atoms with Crippen molar-refractivity contribution in [3.8, 4) is 5.75 Å². The zero-order valence-electron chi connectivity index (χ0n) is 6.56. The molecule has 11 heavy (non-hydrogen) atoms. The van der Waals surface area contributed by atoms with Crippen LogP contribution in [0.1, 0.15) is 16.8 Å². The molecular weight excluding hydrogens is 206 g/mol. The molecule has 1 rings (SSSR count). The Bertz CT molecular complexity index is 273. The maximum absolute atomic E-state index is 9.49. The van der Waals surface area contributed by atoms with Gasteiger partial charge in [-0.15, -0.1) is 0 Å². The molecule has 0 aromatic carbocycles. The normalized spacial score (nSPS) is 10.1. The number of alkyl halides is 1. The van der Waals surface area contributed by atoms with Crippen molar-refractivity contribution in [1.82, 2.24) is 4.98 Å². The first-order chi connectivity index (χ1) is 5.16. The highest BCUT2D eigenvalue weighted by Crippen LogP contribution is 2.24. The van der Waals surface area contributed by atoms with Gasteiger partial charge in [-0.3, -0.25) is 4.98 Å². The third kappa shape index (κ3) is 1.53. The van der Waals surface area contributed by atoms with Gasteiger partial charge in [0.25, 0.3) is 0 Å². The van der Waals surface area contributed by atoms with E-state index in [1.807, 2.05) is 6.92 Å². The molecule has 0 saturated heterocycles. The van der Waals surface area contributed by atoms with Crippen LogP contribution >= 0.6 is 15.9 Å². The molecule has 3 heteroatoms. The topological polar surface area (TPSA) is 33.1 Å². The second-order valence-corrected chi connectivity index (χ2v) is 3.05. The lowest BCUT2D eigenvalue weighted by atomic mass is 10.1. The van der Waals surface area contributed by atoms with Crippen LogP contribution in [0.15, 0.2) is 6.20 Å². The first kappa shape index (κ1) is 8.53. The van der Waals surface area contributed by atoms with Crippen molar-refractivity contribution in [2.45, 2.75) is 19.2 Å². The lowest BCUT2D eigenvalue weighted by Crippen LogP contribution is -1.91. The fourth-order valence-electron chi connectivity index (χ4n) is 0.907. The van der Waals surface area contributed by atoms with E-state index < -0.39 is 0 Å². The van der Waals surface area contributed by atoms with Gasteiger partial charge in [0.15, 0.2) is 0 Å². The van der Waals surface area contributed by atoms with Crippen LogP contribution in [0, 0.1) is 13.8 Å². The summed E-state index contributed by atoms with van der Waals surface area (Å²) in [5.74, 6) is 0.307. The average Bonchev–Trinajstić information content (AvgIpc) is 1.99. The third-order valence-corrected chi connectivity index (χ3v) is 2.25. The molecule has 0 atom stereocenters. The van der Waals surface area contributed by atoms with E-state index in [0.29, 0.717) is 16.8 Å². The van der Waals surface area contributed by atoms with Gasteiger partial charge in [0, 0.05) is 17.1 Å². The minimum Gasteiger partial charge on any atom is -0.506 e. The summed E-state index contributed by atoms with van der Waals surface area (Å²) >= 11 is 3.31. The molecule has 2 nitrogen and oxygen atoms in total. The number of aryl methyl sites for hydroxylation is 2. The number of hydrogen-bond acceptors (Lipinski definition) is 2. The molecule has 1 aromatic heterocycles. The Morgan fingerprint density at radius 3 is 2.64 bits per heavy atom. The molecule has 0 aliphatic carbocycles. The second-order valence-electron chi connectivity index (χ2n) is 2.49. The predicted octanol–water partition coefficient (Wildman–Crippen LogP) is 2.30. The van der Waals surface area contributed by atoms with E-state index in [9.17, 15) is 5.11 Å². The molecule has 0 unspecified atom stereocenters. The smallest absolute Gasteiger partial charge is 0.141 e. The van der Waals surface area contributed by atoms with Crippen molar-refractivity contribution in [1.29, 1.82) is 0 Å². The van der Waals surface area contributed by atoms with Gasteiger partial charge >= 0.3 is 0 Å². The predicted molar refractivity (Wildman–Crippen MR) is 48.0 cm³/mol. The minimum atomic E-state index is 0.307. The Hall–Kier alpha value is -0.570. The summed E-state index contributed by atoms with van der Waals surface area (Å²) in [5, 5.41) is 10.2. The van der Waals surface area contributed by atoms with Gasteiger partial charge in [-0.1, -0.05) is 15.9 Å². The van der Waals surface area contributed by atoms with E-state index in [4.69, 9.17) is 0 Å². The molecule has 0 amide bonds. The number of aromatic hydroxyl groups is 1. The average molecular weight is 216 g/mol. The Kier molecular flexibility index (Phi) is 2.49. The van der Waals surface area contributed by atoms with E-state index in [1.54, 1.807) is 13.1 Å². The monoisotopic (exact) mass is 215 g/mol. The fraction of sp³-hybridized carbons (Fsp3) is 0.375. The van der Waals surface area contributed by atoms with Gasteiger partial charge in [0.05, 0.1) is 5.69 Å². The maximum Gasteiger partial charge on any atom is 0.141 e. The van der Waals surface area contributed by atoms with E-state index in [1.165, 1.54) is 0 Å². The summed E-state index contributed by atoms with van der Waals surface area (Å²) in [6, 6.07) is 0. The van der Waals surface area contributed by atoms with Crippen molar-refractivity contribution >= 4 is 15.9 Å². The number of pyridine rings is 1. The molecule has 1 aromatic rings. The largest absolute Gasteiger partial charge is 0.506 e. The van der Waals surface area contributed by atoms with Crippen molar-refractivity contribution in [2.75, 3.05) is 0 Å². The Labute approximate surface area is 74.4 Å². The molecule has 0 radical (unpaired) electrons. The van der Waals surface area contributed by atoms with Gasteiger partial charge in [-0.05, 0) is 19.4 Å². The van der Waals surface area contributed by atoms with Gasteiger partial charge in [0.1, 0.15) is 5.75 Å². The van der Waals surface area contributed by atoms with E-state index >= 15 is 0 Å². The highest BCUT2D eigenvalue weighted by Gasteiger charge is 2.06. The van der Waals surface area contributed by atoms with Gasteiger partial charge in [-0.2, -0.15) is 0 Å². The number of nitrogens with zero attached hydrogens (tertiary/aromatic N) is 1. The number of aromatic nitrogens is 1. The zero-order valence-corrected chi connectivity index (χ0v) is 8.14. The highest BCUT2D eigenvalue weighted by molar-refractivity contribution is 9.08. The third-order valence-electron chi connectivity index (χ3n) is 1.69. The zero-order chi connectivity index (χ0) is 8.43. The molecule has 0 aliphatic heterocycles. The summed E-state index contributed by atoms with van der Waals surface area (Å²) in [6.07, 6.45) is 1.77. The van der Waals surface area contributed by atoms with Crippen molar-refractivity contribution in [3.05, 3.63) is 23.0 Å². The lowest BCUT2D eigenvalue weighted by Gasteiger charge is -2.05. The molecule has 0 saturated carbocycles. The van der Waals surface area contributed by atoms with Crippen LogP contribution in [-0.2, 0) is 5.33 Å². The SMILES string of the molecule is Cc1cnc(C)c(O)c1CBr. The van der Waals surface area contributed by atoms with Crippen LogP contribution in [0.3, 0.4) is 0 Å². The Balaban J connectivity index is 3.29. The second kappa shape index (κ2) is 3.22. The molecule has 0 aliphatic rings. The van der Waals surface area contributed by atoms with Crippen LogP contribution < -0.4 is 0 Å². The van der Waals surface area contributed by atoms with Crippen LogP contribution in [0.25, 0.3) is 0 Å². The first-order valence-electron chi connectivity index (χ1n) is 3.36. The maximum atomic E-state index is 9.49. The Morgan fingerprint density at radius 2 is 2.18 bits per heavy atom. The van der Waals surface area contributed by atoms with E-state index in [2.05, 4.69) is 20.9 Å². The molecule has 0 fully saturated rings. The first-order valence-corrected chi connectivity index (χ1v) is 4.49. The Morgan fingerprint density at radius 1 is 1.55 bits per heavy atom. The van der Waals surface area contributed by atoms with E-state index in [0.717, 1.165) is 11.1 Å². The molecule has 1 N–H and O–H groups in total. The standard InChI is InChI=1S/C8H10BrNO/c1-5-4-10-6(2)8(11)7(5)3-9/h4,11H,3H2,1-2H3. The van der Waals surface area contributed by atoms with Gasteiger partial charge in [0.2, 0.25) is 0 Å². The summed E-state index contributed by atoms with van der Waals surface area (Å²) in [7, 11) is 0. The molecule has 0 spiro atoms. The number of halogens is 1. The van der Waals surface area contributed by atoms with Crippen LogP contribution in [0.4, 0.5) is 0 Å². The van der Waals surface area contributed by atoms with Crippen LogP contribution in [0.5, 0.6) is 5.75 Å². The lowest BCUT2D eigenvalue weighted by molar-refractivity contribution is 0.462. The number of hydrogen-bond donors (Lipinski definition) is 1. The van der Waals surface area contributed by atoms with Gasteiger partial charge in [-0.25, -0.2) is 0 Å². The summed E-state index contributed by atoms with van der Waals surface area (Å²) in [6.45, 7) is 3.73. The van der Waals surface area contributed by atoms with Crippen molar-refractivity contribution < 1.29 is 5.11 Å². The van der Waals surface area contributed by atoms with Crippen LogP contribution in [0.2, 0.25) is 0 Å². The molecular formula is C8H10BrNO. The quantitative estimate of drug-likeness (QED) is 0.730. The summed E-state index contributed by atoms with van der Waals surface area (Å²) < 4.78 is 0. The molecule has 60 valence electrons. The fourth-order valence-corrected chi connectivity index (χ4v) is 1.61. The molecule has 1 heterocycles. The van der Waals surface area contributed by atoms with Gasteiger partial charge < -0.3 is 5.11 Å². The number of rotatable bonds is 1. The van der Waals surface area contributed by atoms with Crippen LogP contribution in [-0.4, -0.2) is 10.1 Å². The summed E-state index contributed by atoms with van der Waals surface area (Å²) in [5.41, 5.74) is 2.63. The van der Waals surface area contributed by atoms with E-state index in [-0.39, 0.29) is 0 Å². The molecule has 0 bridgehead atoms. The van der Waals surface area contributed by atoms with Crippen molar-refractivity contribution in [2.24, 2.45) is 0 Å². The van der Waals surface area contributed by atoms with Crippen molar-refractivity contribution in [3.63, 3.8) is 0 Å². The highest BCUT2D eigenvalue weighted by atomic mass is 79.9.